The second-order valence-corrected chi connectivity index (χ2v) is 5.61. The van der Waals surface area contributed by atoms with Gasteiger partial charge in [0, 0.05) is 25.4 Å². The van der Waals surface area contributed by atoms with Crippen LogP contribution in [0.3, 0.4) is 0 Å². The molecule has 1 aliphatic rings. The van der Waals surface area contributed by atoms with Gasteiger partial charge in [0.25, 0.3) is 0 Å². The molecule has 0 radical (unpaired) electrons. The molecule has 0 N–H and O–H groups in total. The number of hydrogen-bond donors (Lipinski definition) is 0. The fourth-order valence-corrected chi connectivity index (χ4v) is 2.83. The van der Waals surface area contributed by atoms with Crippen LogP contribution in [0.5, 0.6) is 0 Å². The molecule has 1 aromatic heterocycles. The summed E-state index contributed by atoms with van der Waals surface area (Å²) in [6.07, 6.45) is 4.13. The maximum absolute atomic E-state index is 11.6. The predicted molar refractivity (Wildman–Crippen MR) is 93.5 cm³/mol. The summed E-state index contributed by atoms with van der Waals surface area (Å²) in [5.74, 6) is -0.381. The monoisotopic (exact) mass is 339 g/mol. The summed E-state index contributed by atoms with van der Waals surface area (Å²) < 4.78 is 4.59. The number of esters is 1. The normalized spacial score (nSPS) is 14.0. The van der Waals surface area contributed by atoms with Crippen LogP contribution in [0.15, 0.2) is 48.7 Å². The van der Waals surface area contributed by atoms with E-state index in [0.29, 0.717) is 13.1 Å². The van der Waals surface area contributed by atoms with Crippen molar-refractivity contribution in [1.29, 1.82) is 0 Å². The molecule has 0 amide bonds. The topological polar surface area (TPSA) is 85.6 Å². The fraction of sp³-hybridized carbons (Fsp3) is 0.222. The lowest BCUT2D eigenvalue weighted by Gasteiger charge is -2.27. The van der Waals surface area contributed by atoms with Gasteiger partial charge in [-0.15, -0.1) is 0 Å². The number of nitrogens with zero attached hydrogens (tertiary/aromatic N) is 3. The first kappa shape index (κ1) is 16.6. The van der Waals surface area contributed by atoms with Gasteiger partial charge in [-0.3, -0.25) is 10.1 Å². The first-order valence-electron chi connectivity index (χ1n) is 7.82. The van der Waals surface area contributed by atoms with Crippen molar-refractivity contribution in [2.75, 3.05) is 25.1 Å². The van der Waals surface area contributed by atoms with Crippen LogP contribution in [0.25, 0.3) is 5.57 Å². The van der Waals surface area contributed by atoms with Gasteiger partial charge < -0.3 is 9.64 Å². The molecule has 25 heavy (non-hydrogen) atoms. The molecular weight excluding hydrogens is 322 g/mol. The Morgan fingerprint density at radius 2 is 2.08 bits per heavy atom. The summed E-state index contributed by atoms with van der Waals surface area (Å²) in [5.41, 5.74) is 2.24. The minimum absolute atomic E-state index is 0.0653. The third-order valence-corrected chi connectivity index (χ3v) is 4.12. The minimum Gasteiger partial charge on any atom is -0.465 e. The summed E-state index contributed by atoms with van der Waals surface area (Å²) in [4.78, 5) is 28.4. The number of hydrogen-bond acceptors (Lipinski definition) is 6. The number of aromatic nitrogens is 1. The largest absolute Gasteiger partial charge is 0.465 e. The van der Waals surface area contributed by atoms with Gasteiger partial charge in [-0.25, -0.2) is 9.78 Å². The van der Waals surface area contributed by atoms with Crippen LogP contribution in [-0.2, 0) is 4.74 Å². The Kier molecular flexibility index (Phi) is 4.74. The molecule has 1 aromatic carbocycles. The van der Waals surface area contributed by atoms with Gasteiger partial charge in [-0.05, 0) is 17.6 Å². The molecule has 0 aliphatic carbocycles. The molecule has 0 atom stereocenters. The third-order valence-electron chi connectivity index (χ3n) is 4.12. The second kappa shape index (κ2) is 7.12. The minimum atomic E-state index is -0.646. The quantitative estimate of drug-likeness (QED) is 0.483. The zero-order valence-electron chi connectivity index (χ0n) is 13.7. The highest BCUT2D eigenvalue weighted by atomic mass is 16.6. The number of carbonyl (C=O) groups excluding carboxylic acids is 1. The molecule has 7 nitrogen and oxygen atoms in total. The molecule has 0 unspecified atom stereocenters. The van der Waals surface area contributed by atoms with E-state index in [0.717, 1.165) is 12.0 Å². The van der Waals surface area contributed by atoms with Gasteiger partial charge in [-0.1, -0.05) is 36.4 Å². The smallest absolute Gasteiger partial charge is 0.339 e. The molecule has 0 bridgehead atoms. The van der Waals surface area contributed by atoms with Crippen LogP contribution in [0.2, 0.25) is 0 Å². The predicted octanol–water partition coefficient (Wildman–Crippen LogP) is 3.07. The SMILES string of the molecule is COC(=O)c1cnc(N2CC=C(c3ccccc3)CC2)c([N+](=O)[O-])c1. The lowest BCUT2D eigenvalue weighted by Crippen LogP contribution is -2.29. The molecule has 7 heteroatoms. The molecule has 2 aromatic rings. The third kappa shape index (κ3) is 3.50. The molecular formula is C18H17N3O4. The molecule has 0 saturated heterocycles. The van der Waals surface area contributed by atoms with Crippen molar-refractivity contribution in [2.24, 2.45) is 0 Å². The number of anilines is 1. The van der Waals surface area contributed by atoms with Crippen molar-refractivity contribution >= 4 is 23.0 Å². The van der Waals surface area contributed by atoms with Crippen LogP contribution in [0, 0.1) is 10.1 Å². The standard InChI is InChI=1S/C18H17N3O4/c1-25-18(22)15-11-16(21(23)24)17(19-12-15)20-9-7-14(8-10-20)13-5-3-2-4-6-13/h2-7,11-12H,8-10H2,1H3. The van der Waals surface area contributed by atoms with Crippen LogP contribution < -0.4 is 4.90 Å². The summed E-state index contributed by atoms with van der Waals surface area (Å²) >= 11 is 0. The molecule has 2 heterocycles. The fourth-order valence-electron chi connectivity index (χ4n) is 2.83. The van der Waals surface area contributed by atoms with E-state index in [1.165, 1.54) is 24.9 Å². The van der Waals surface area contributed by atoms with E-state index in [4.69, 9.17) is 0 Å². The maximum Gasteiger partial charge on any atom is 0.339 e. The summed E-state index contributed by atoms with van der Waals surface area (Å²) in [7, 11) is 1.22. The van der Waals surface area contributed by atoms with E-state index in [1.807, 2.05) is 35.2 Å². The number of benzene rings is 1. The van der Waals surface area contributed by atoms with E-state index in [1.54, 1.807) is 0 Å². The van der Waals surface area contributed by atoms with Crippen molar-refractivity contribution < 1.29 is 14.5 Å². The van der Waals surface area contributed by atoms with Gasteiger partial charge in [0.15, 0.2) is 0 Å². The van der Waals surface area contributed by atoms with Gasteiger partial charge in [0.1, 0.15) is 0 Å². The van der Waals surface area contributed by atoms with E-state index in [2.05, 4.69) is 15.8 Å². The Balaban J connectivity index is 1.86. The Bertz CT molecular complexity index is 833. The first-order valence-corrected chi connectivity index (χ1v) is 7.82. The number of pyridine rings is 1. The van der Waals surface area contributed by atoms with Gasteiger partial charge in [-0.2, -0.15) is 0 Å². The zero-order valence-corrected chi connectivity index (χ0v) is 13.7. The Hall–Kier alpha value is -3.22. The second-order valence-electron chi connectivity index (χ2n) is 5.61. The van der Waals surface area contributed by atoms with Crippen molar-refractivity contribution in [2.45, 2.75) is 6.42 Å². The van der Waals surface area contributed by atoms with Gasteiger partial charge in [0.05, 0.1) is 17.6 Å². The van der Waals surface area contributed by atoms with Crippen LogP contribution >= 0.6 is 0 Å². The molecule has 1 aliphatic heterocycles. The first-order chi connectivity index (χ1) is 12.1. The lowest BCUT2D eigenvalue weighted by atomic mass is 9.99. The molecule has 128 valence electrons. The summed E-state index contributed by atoms with van der Waals surface area (Å²) in [6.45, 7) is 1.14. The highest BCUT2D eigenvalue weighted by Crippen LogP contribution is 2.30. The number of ether oxygens (including phenoxy) is 1. The van der Waals surface area contributed by atoms with E-state index in [-0.39, 0.29) is 17.1 Å². The highest BCUT2D eigenvalue weighted by Gasteiger charge is 2.25. The van der Waals surface area contributed by atoms with Crippen LogP contribution in [-0.4, -0.2) is 36.1 Å². The van der Waals surface area contributed by atoms with E-state index < -0.39 is 10.9 Å². The Morgan fingerprint density at radius 1 is 1.32 bits per heavy atom. The molecule has 0 fully saturated rings. The number of rotatable bonds is 4. The molecule has 0 spiro atoms. The highest BCUT2D eigenvalue weighted by molar-refractivity contribution is 5.90. The maximum atomic E-state index is 11.6. The number of carbonyl (C=O) groups is 1. The summed E-state index contributed by atoms with van der Waals surface area (Å²) in [6, 6.07) is 11.3. The molecule has 3 rings (SSSR count). The average Bonchev–Trinajstić information content (AvgIpc) is 2.67. The Morgan fingerprint density at radius 3 is 2.68 bits per heavy atom. The van der Waals surface area contributed by atoms with Crippen molar-refractivity contribution in [3.05, 3.63) is 69.9 Å². The number of methoxy groups -OCH3 is 1. The van der Waals surface area contributed by atoms with Crippen molar-refractivity contribution in [3.63, 3.8) is 0 Å². The zero-order chi connectivity index (χ0) is 17.8. The van der Waals surface area contributed by atoms with Crippen molar-refractivity contribution in [3.8, 4) is 0 Å². The van der Waals surface area contributed by atoms with Crippen LogP contribution in [0.1, 0.15) is 22.3 Å². The van der Waals surface area contributed by atoms with Crippen molar-refractivity contribution in [1.82, 2.24) is 4.98 Å². The van der Waals surface area contributed by atoms with E-state index >= 15 is 0 Å². The number of nitro groups is 1. The van der Waals surface area contributed by atoms with Gasteiger partial charge >= 0.3 is 11.7 Å². The average molecular weight is 339 g/mol. The van der Waals surface area contributed by atoms with Gasteiger partial charge in [0.2, 0.25) is 5.82 Å². The lowest BCUT2D eigenvalue weighted by molar-refractivity contribution is -0.384. The van der Waals surface area contributed by atoms with Crippen LogP contribution in [0.4, 0.5) is 11.5 Å². The Labute approximate surface area is 144 Å². The van der Waals surface area contributed by atoms with E-state index in [9.17, 15) is 14.9 Å². The molecule has 0 saturated carbocycles. The summed E-state index contributed by atoms with van der Waals surface area (Å²) in [5, 5.41) is 11.4.